The molecule has 1 aromatic rings. The van der Waals surface area contributed by atoms with Gasteiger partial charge in [-0.3, -0.25) is 10.1 Å². The number of hydrogen-bond acceptors (Lipinski definition) is 6. The van der Waals surface area contributed by atoms with Crippen LogP contribution in [-0.4, -0.2) is 42.4 Å². The van der Waals surface area contributed by atoms with Crippen molar-refractivity contribution in [1.29, 1.82) is 0 Å². The highest BCUT2D eigenvalue weighted by molar-refractivity contribution is 7.89. The maximum absolute atomic E-state index is 14.0. The molecule has 10 heteroatoms. The quantitative estimate of drug-likeness (QED) is 0.432. The van der Waals surface area contributed by atoms with Gasteiger partial charge in [0.1, 0.15) is 4.90 Å². The molecular formula is C11H16FN3O5S. The van der Waals surface area contributed by atoms with E-state index in [1.54, 1.807) is 6.92 Å². The lowest BCUT2D eigenvalue weighted by atomic mass is 10.3. The summed E-state index contributed by atoms with van der Waals surface area (Å²) in [5, 5.41) is 19.5. The van der Waals surface area contributed by atoms with Crippen molar-refractivity contribution >= 4 is 21.4 Å². The fourth-order valence-corrected chi connectivity index (χ4v) is 3.48. The molecule has 0 aromatic heterocycles. The van der Waals surface area contributed by atoms with Gasteiger partial charge in [0.25, 0.3) is 5.69 Å². The number of nitrogens with zero attached hydrogens (tertiary/aromatic N) is 2. The maximum atomic E-state index is 14.0. The van der Waals surface area contributed by atoms with E-state index >= 15 is 0 Å². The minimum Gasteiger partial charge on any atom is -0.397 e. The SMILES string of the molecule is CCCN(CCO)S(=O)(=O)c1c(N)cc([N+](=O)[O-])cc1F. The third-order valence-corrected chi connectivity index (χ3v) is 4.68. The van der Waals surface area contributed by atoms with Crippen LogP contribution in [0, 0.1) is 15.9 Å². The summed E-state index contributed by atoms with van der Waals surface area (Å²) in [6.45, 7) is 1.13. The molecule has 3 N–H and O–H groups in total. The number of rotatable bonds is 7. The molecule has 0 aliphatic heterocycles. The van der Waals surface area contributed by atoms with E-state index in [-0.39, 0.29) is 13.1 Å². The van der Waals surface area contributed by atoms with Crippen molar-refractivity contribution in [3.8, 4) is 0 Å². The number of halogens is 1. The molecule has 0 heterocycles. The highest BCUT2D eigenvalue weighted by Crippen LogP contribution is 2.29. The highest BCUT2D eigenvalue weighted by atomic mass is 32.2. The minimum atomic E-state index is -4.28. The van der Waals surface area contributed by atoms with Crippen LogP contribution in [0.25, 0.3) is 0 Å². The summed E-state index contributed by atoms with van der Waals surface area (Å²) >= 11 is 0. The molecule has 0 fully saturated rings. The number of sulfonamides is 1. The molecule has 8 nitrogen and oxygen atoms in total. The van der Waals surface area contributed by atoms with Crippen LogP contribution in [0.15, 0.2) is 17.0 Å². The first-order valence-electron chi connectivity index (χ1n) is 6.10. The molecule has 0 saturated heterocycles. The molecule has 0 spiro atoms. The first kappa shape index (κ1) is 17.3. The molecule has 0 saturated carbocycles. The van der Waals surface area contributed by atoms with Crippen molar-refractivity contribution < 1.29 is 22.8 Å². The number of nitrogens with two attached hydrogens (primary N) is 1. The first-order valence-corrected chi connectivity index (χ1v) is 7.54. The second-order valence-electron chi connectivity index (χ2n) is 4.23. The Kier molecular flexibility index (Phi) is 5.58. The molecular weight excluding hydrogens is 305 g/mol. The molecule has 118 valence electrons. The van der Waals surface area contributed by atoms with Gasteiger partial charge in [-0.15, -0.1) is 0 Å². The van der Waals surface area contributed by atoms with Crippen molar-refractivity contribution in [1.82, 2.24) is 4.31 Å². The molecule has 1 aromatic carbocycles. The second-order valence-corrected chi connectivity index (χ2v) is 6.11. The normalized spacial score (nSPS) is 11.8. The molecule has 0 radical (unpaired) electrons. The highest BCUT2D eigenvalue weighted by Gasteiger charge is 2.30. The van der Waals surface area contributed by atoms with E-state index < -0.39 is 43.6 Å². The van der Waals surface area contributed by atoms with Gasteiger partial charge >= 0.3 is 0 Å². The first-order chi connectivity index (χ1) is 9.75. The van der Waals surface area contributed by atoms with E-state index in [4.69, 9.17) is 10.8 Å². The molecule has 1 rings (SSSR count). The van der Waals surface area contributed by atoms with Crippen LogP contribution in [0.3, 0.4) is 0 Å². The zero-order chi connectivity index (χ0) is 16.2. The van der Waals surface area contributed by atoms with Gasteiger partial charge in [0.2, 0.25) is 10.0 Å². The maximum Gasteiger partial charge on any atom is 0.274 e. The Morgan fingerprint density at radius 2 is 2.05 bits per heavy atom. The van der Waals surface area contributed by atoms with E-state index in [2.05, 4.69) is 0 Å². The number of nitro groups is 1. The monoisotopic (exact) mass is 321 g/mol. The van der Waals surface area contributed by atoms with Gasteiger partial charge in [0.15, 0.2) is 5.82 Å². The minimum absolute atomic E-state index is 0.0682. The Labute approximate surface area is 121 Å². The fraction of sp³-hybridized carbons (Fsp3) is 0.455. The third kappa shape index (κ3) is 3.65. The Morgan fingerprint density at radius 3 is 2.48 bits per heavy atom. The Balaban J connectivity index is 3.40. The van der Waals surface area contributed by atoms with Crippen LogP contribution >= 0.6 is 0 Å². The summed E-state index contributed by atoms with van der Waals surface area (Å²) in [7, 11) is -4.28. The predicted molar refractivity (Wildman–Crippen MR) is 73.6 cm³/mol. The average Bonchev–Trinajstić information content (AvgIpc) is 2.37. The molecule has 0 unspecified atom stereocenters. The number of benzene rings is 1. The van der Waals surface area contributed by atoms with Crippen molar-refractivity contribution in [3.63, 3.8) is 0 Å². The van der Waals surface area contributed by atoms with E-state index in [0.717, 1.165) is 10.4 Å². The number of nitro benzene ring substituents is 1. The van der Waals surface area contributed by atoms with E-state index in [1.165, 1.54) is 0 Å². The fourth-order valence-electron chi connectivity index (χ4n) is 1.82. The Morgan fingerprint density at radius 1 is 1.43 bits per heavy atom. The summed E-state index contributed by atoms with van der Waals surface area (Å²) in [5.41, 5.74) is 4.29. The lowest BCUT2D eigenvalue weighted by molar-refractivity contribution is -0.385. The van der Waals surface area contributed by atoms with Crippen LogP contribution in [0.4, 0.5) is 15.8 Å². The van der Waals surface area contributed by atoms with Crippen molar-refractivity contribution in [2.24, 2.45) is 0 Å². The zero-order valence-corrected chi connectivity index (χ0v) is 12.1. The van der Waals surface area contributed by atoms with Crippen molar-refractivity contribution in [3.05, 3.63) is 28.1 Å². The molecule has 0 atom stereocenters. The van der Waals surface area contributed by atoms with Gasteiger partial charge in [-0.05, 0) is 6.42 Å². The van der Waals surface area contributed by atoms with Crippen LogP contribution < -0.4 is 5.73 Å². The third-order valence-electron chi connectivity index (χ3n) is 2.69. The second kappa shape index (κ2) is 6.78. The predicted octanol–water partition coefficient (Wildman–Crippen LogP) is 0.709. The summed E-state index contributed by atoms with van der Waals surface area (Å²) in [6, 6.07) is 1.30. The van der Waals surface area contributed by atoms with Crippen molar-refractivity contribution in [2.75, 3.05) is 25.4 Å². The largest absolute Gasteiger partial charge is 0.397 e. The lowest BCUT2D eigenvalue weighted by Crippen LogP contribution is -2.35. The number of non-ortho nitro benzene ring substituents is 1. The molecule has 21 heavy (non-hydrogen) atoms. The number of aliphatic hydroxyl groups excluding tert-OH is 1. The number of anilines is 1. The van der Waals surface area contributed by atoms with Gasteiger partial charge in [-0.2, -0.15) is 4.31 Å². The van der Waals surface area contributed by atoms with Gasteiger partial charge in [-0.25, -0.2) is 12.8 Å². The summed E-state index contributed by atoms with van der Waals surface area (Å²) in [6.07, 6.45) is 0.452. The summed E-state index contributed by atoms with van der Waals surface area (Å²) in [5.74, 6) is -1.29. The smallest absolute Gasteiger partial charge is 0.274 e. The van der Waals surface area contributed by atoms with Crippen LogP contribution in [0.5, 0.6) is 0 Å². The van der Waals surface area contributed by atoms with E-state index in [9.17, 15) is 22.9 Å². The summed E-state index contributed by atoms with van der Waals surface area (Å²) < 4.78 is 39.6. The number of hydrogen-bond donors (Lipinski definition) is 2. The van der Waals surface area contributed by atoms with Gasteiger partial charge < -0.3 is 10.8 Å². The zero-order valence-electron chi connectivity index (χ0n) is 11.3. The van der Waals surface area contributed by atoms with Gasteiger partial charge in [-0.1, -0.05) is 6.92 Å². The number of nitrogen functional groups attached to an aromatic ring is 1. The van der Waals surface area contributed by atoms with E-state index in [1.807, 2.05) is 0 Å². The topological polar surface area (TPSA) is 127 Å². The van der Waals surface area contributed by atoms with Crippen LogP contribution in [0.2, 0.25) is 0 Å². The standard InChI is InChI=1S/C11H16FN3O5S/c1-2-3-14(4-5-16)21(19,20)11-9(12)6-8(15(17)18)7-10(11)13/h6-7,16H,2-5,13H2,1H3. The van der Waals surface area contributed by atoms with Gasteiger partial charge in [0.05, 0.1) is 23.3 Å². The average molecular weight is 321 g/mol. The molecule has 0 aliphatic carbocycles. The number of aliphatic hydroxyl groups is 1. The summed E-state index contributed by atoms with van der Waals surface area (Å²) in [4.78, 5) is 8.92. The lowest BCUT2D eigenvalue weighted by Gasteiger charge is -2.21. The van der Waals surface area contributed by atoms with Crippen LogP contribution in [0.1, 0.15) is 13.3 Å². The van der Waals surface area contributed by atoms with Crippen LogP contribution in [-0.2, 0) is 10.0 Å². The molecule has 0 aliphatic rings. The van der Waals surface area contributed by atoms with Gasteiger partial charge in [0, 0.05) is 19.2 Å². The van der Waals surface area contributed by atoms with Crippen molar-refractivity contribution in [2.45, 2.75) is 18.2 Å². The molecule has 0 bridgehead atoms. The Hall–Kier alpha value is -1.78. The Bertz CT molecular complexity index is 606. The van der Waals surface area contributed by atoms with E-state index in [0.29, 0.717) is 12.5 Å². The molecule has 0 amide bonds.